The molecule has 0 spiro atoms. The SMILES string of the molecule is CCn1nc(C)c(Br)c1Cn1ccc(C(C)NC)c1. The highest BCUT2D eigenvalue weighted by Crippen LogP contribution is 2.22. The van der Waals surface area contributed by atoms with Crippen LogP contribution in [-0.2, 0) is 13.1 Å². The highest BCUT2D eigenvalue weighted by Gasteiger charge is 2.13. The van der Waals surface area contributed by atoms with Crippen LogP contribution in [0.15, 0.2) is 22.9 Å². The van der Waals surface area contributed by atoms with Crippen molar-refractivity contribution in [3.8, 4) is 0 Å². The van der Waals surface area contributed by atoms with Gasteiger partial charge in [-0.15, -0.1) is 0 Å². The summed E-state index contributed by atoms with van der Waals surface area (Å²) >= 11 is 3.64. The topological polar surface area (TPSA) is 34.8 Å². The maximum atomic E-state index is 4.53. The molecule has 0 saturated heterocycles. The molecule has 2 heterocycles. The van der Waals surface area contributed by atoms with E-state index in [0.29, 0.717) is 6.04 Å². The van der Waals surface area contributed by atoms with Crippen LogP contribution in [0.5, 0.6) is 0 Å². The molecule has 104 valence electrons. The molecule has 0 fully saturated rings. The van der Waals surface area contributed by atoms with E-state index in [4.69, 9.17) is 0 Å². The van der Waals surface area contributed by atoms with Crippen molar-refractivity contribution in [2.24, 2.45) is 0 Å². The molecule has 2 aromatic rings. The molecule has 5 heteroatoms. The minimum absolute atomic E-state index is 0.377. The lowest BCUT2D eigenvalue weighted by molar-refractivity contribution is 0.595. The molecule has 0 amide bonds. The van der Waals surface area contributed by atoms with Gasteiger partial charge in [0.15, 0.2) is 0 Å². The molecule has 1 unspecified atom stereocenters. The fourth-order valence-corrected chi connectivity index (χ4v) is 2.58. The van der Waals surface area contributed by atoms with E-state index in [9.17, 15) is 0 Å². The van der Waals surface area contributed by atoms with Crippen LogP contribution in [0.3, 0.4) is 0 Å². The molecule has 0 aliphatic heterocycles. The zero-order valence-corrected chi connectivity index (χ0v) is 13.5. The first kappa shape index (κ1) is 14.3. The predicted octanol–water partition coefficient (Wildman–Crippen LogP) is 3.10. The summed E-state index contributed by atoms with van der Waals surface area (Å²) in [6.07, 6.45) is 4.31. The molecule has 19 heavy (non-hydrogen) atoms. The Morgan fingerprint density at radius 2 is 2.21 bits per heavy atom. The number of hydrogen-bond donors (Lipinski definition) is 1. The van der Waals surface area contributed by atoms with E-state index in [1.165, 1.54) is 11.3 Å². The molecular weight excluding hydrogens is 304 g/mol. The molecule has 2 aromatic heterocycles. The van der Waals surface area contributed by atoms with E-state index in [1.54, 1.807) is 0 Å². The molecule has 0 aliphatic rings. The Morgan fingerprint density at radius 1 is 1.47 bits per heavy atom. The fourth-order valence-electron chi connectivity index (χ4n) is 2.17. The molecule has 0 bridgehead atoms. The van der Waals surface area contributed by atoms with E-state index in [2.05, 4.69) is 67.9 Å². The lowest BCUT2D eigenvalue weighted by Gasteiger charge is -2.08. The van der Waals surface area contributed by atoms with Crippen molar-refractivity contribution in [1.82, 2.24) is 19.7 Å². The zero-order valence-electron chi connectivity index (χ0n) is 11.9. The van der Waals surface area contributed by atoms with Gasteiger partial charge in [-0.05, 0) is 55.4 Å². The third-order valence-electron chi connectivity index (χ3n) is 3.49. The van der Waals surface area contributed by atoms with Crippen LogP contribution in [0.2, 0.25) is 0 Å². The van der Waals surface area contributed by atoms with Crippen molar-refractivity contribution in [3.63, 3.8) is 0 Å². The average Bonchev–Trinajstić information content (AvgIpc) is 2.98. The molecule has 2 rings (SSSR count). The second-order valence-electron chi connectivity index (χ2n) is 4.79. The summed E-state index contributed by atoms with van der Waals surface area (Å²) in [5.74, 6) is 0. The van der Waals surface area contributed by atoms with Crippen LogP contribution in [-0.4, -0.2) is 21.4 Å². The van der Waals surface area contributed by atoms with Gasteiger partial charge in [0.1, 0.15) is 0 Å². The second kappa shape index (κ2) is 5.92. The van der Waals surface area contributed by atoms with Crippen molar-refractivity contribution in [1.29, 1.82) is 0 Å². The Labute approximate surface area is 122 Å². The van der Waals surface area contributed by atoms with E-state index >= 15 is 0 Å². The molecule has 0 aliphatic carbocycles. The average molecular weight is 325 g/mol. The molecule has 1 atom stereocenters. The van der Waals surface area contributed by atoms with Crippen LogP contribution >= 0.6 is 15.9 Å². The van der Waals surface area contributed by atoms with Crippen molar-refractivity contribution >= 4 is 15.9 Å². The van der Waals surface area contributed by atoms with Crippen LogP contribution in [0, 0.1) is 6.92 Å². The number of nitrogens with zero attached hydrogens (tertiary/aromatic N) is 3. The standard InChI is InChI=1S/C14H21BrN4/c1-5-19-13(14(15)11(3)17-19)9-18-7-6-12(8-18)10(2)16-4/h6-8,10,16H,5,9H2,1-4H3. The van der Waals surface area contributed by atoms with Gasteiger partial charge in [0, 0.05) is 25.0 Å². The molecular formula is C14H21BrN4. The number of halogens is 1. The quantitative estimate of drug-likeness (QED) is 0.917. The van der Waals surface area contributed by atoms with Crippen molar-refractivity contribution in [3.05, 3.63) is 39.9 Å². The smallest absolute Gasteiger partial charge is 0.0739 e. The Hall–Kier alpha value is -1.07. The third-order valence-corrected chi connectivity index (χ3v) is 4.52. The minimum atomic E-state index is 0.377. The molecule has 0 aromatic carbocycles. The second-order valence-corrected chi connectivity index (χ2v) is 5.58. The van der Waals surface area contributed by atoms with Crippen molar-refractivity contribution in [2.75, 3.05) is 7.05 Å². The van der Waals surface area contributed by atoms with Gasteiger partial charge in [-0.1, -0.05) is 0 Å². The Bertz CT molecular complexity index is 556. The van der Waals surface area contributed by atoms with Gasteiger partial charge in [0.25, 0.3) is 0 Å². The maximum Gasteiger partial charge on any atom is 0.0739 e. The summed E-state index contributed by atoms with van der Waals surface area (Å²) in [5, 5.41) is 7.78. The van der Waals surface area contributed by atoms with Crippen LogP contribution < -0.4 is 5.32 Å². The Morgan fingerprint density at radius 3 is 2.84 bits per heavy atom. The predicted molar refractivity (Wildman–Crippen MR) is 81.3 cm³/mol. The first-order valence-corrected chi connectivity index (χ1v) is 7.40. The van der Waals surface area contributed by atoms with Crippen molar-refractivity contribution in [2.45, 2.75) is 39.9 Å². The lowest BCUT2D eigenvalue weighted by Crippen LogP contribution is -2.11. The van der Waals surface area contributed by atoms with Gasteiger partial charge < -0.3 is 9.88 Å². The van der Waals surface area contributed by atoms with Gasteiger partial charge in [-0.2, -0.15) is 5.10 Å². The Balaban J connectivity index is 2.24. The zero-order chi connectivity index (χ0) is 14.0. The number of hydrogen-bond acceptors (Lipinski definition) is 2. The fraction of sp³-hybridized carbons (Fsp3) is 0.500. The first-order chi connectivity index (χ1) is 9.06. The number of nitrogens with one attached hydrogen (secondary N) is 1. The molecule has 0 radical (unpaired) electrons. The summed E-state index contributed by atoms with van der Waals surface area (Å²) in [5.41, 5.74) is 3.57. The molecule has 4 nitrogen and oxygen atoms in total. The third kappa shape index (κ3) is 2.92. The molecule has 1 N–H and O–H groups in total. The van der Waals surface area contributed by atoms with Crippen LogP contribution in [0.4, 0.5) is 0 Å². The van der Waals surface area contributed by atoms with E-state index < -0.39 is 0 Å². The minimum Gasteiger partial charge on any atom is -0.348 e. The lowest BCUT2D eigenvalue weighted by atomic mass is 10.2. The largest absolute Gasteiger partial charge is 0.348 e. The van der Waals surface area contributed by atoms with Gasteiger partial charge in [0.2, 0.25) is 0 Å². The van der Waals surface area contributed by atoms with E-state index in [-0.39, 0.29) is 0 Å². The van der Waals surface area contributed by atoms with Gasteiger partial charge in [0.05, 0.1) is 22.4 Å². The Kier molecular flexibility index (Phi) is 4.47. The van der Waals surface area contributed by atoms with Gasteiger partial charge in [-0.3, -0.25) is 4.68 Å². The highest BCUT2D eigenvalue weighted by molar-refractivity contribution is 9.10. The summed E-state index contributed by atoms with van der Waals surface area (Å²) in [6.45, 7) is 8.04. The van der Waals surface area contributed by atoms with E-state index in [1.807, 2.05) is 14.0 Å². The monoisotopic (exact) mass is 324 g/mol. The summed E-state index contributed by atoms with van der Waals surface area (Å²) in [7, 11) is 1.98. The summed E-state index contributed by atoms with van der Waals surface area (Å²) in [6, 6.07) is 2.54. The van der Waals surface area contributed by atoms with Gasteiger partial charge >= 0.3 is 0 Å². The first-order valence-electron chi connectivity index (χ1n) is 6.61. The number of aromatic nitrogens is 3. The summed E-state index contributed by atoms with van der Waals surface area (Å²) in [4.78, 5) is 0. The highest BCUT2D eigenvalue weighted by atomic mass is 79.9. The number of rotatable bonds is 5. The number of aryl methyl sites for hydroxylation is 2. The normalized spacial score (nSPS) is 12.9. The van der Waals surface area contributed by atoms with E-state index in [0.717, 1.165) is 23.3 Å². The van der Waals surface area contributed by atoms with Crippen molar-refractivity contribution < 1.29 is 0 Å². The molecule has 0 saturated carbocycles. The van der Waals surface area contributed by atoms with Crippen LogP contribution in [0.25, 0.3) is 0 Å². The maximum absolute atomic E-state index is 4.53. The summed E-state index contributed by atoms with van der Waals surface area (Å²) < 4.78 is 5.38. The van der Waals surface area contributed by atoms with Crippen LogP contribution in [0.1, 0.15) is 36.8 Å². The van der Waals surface area contributed by atoms with Gasteiger partial charge in [-0.25, -0.2) is 0 Å².